The Morgan fingerprint density at radius 2 is 2.07 bits per heavy atom. The molecule has 0 saturated carbocycles. The van der Waals surface area contributed by atoms with Crippen molar-refractivity contribution in [3.63, 3.8) is 0 Å². The summed E-state index contributed by atoms with van der Waals surface area (Å²) in [7, 11) is 0. The van der Waals surface area contributed by atoms with Gasteiger partial charge in [-0.25, -0.2) is 4.79 Å². The highest BCUT2D eigenvalue weighted by Crippen LogP contribution is 2.31. The molecule has 0 aliphatic rings. The first-order valence-corrected chi connectivity index (χ1v) is 3.59. The highest BCUT2D eigenvalue weighted by molar-refractivity contribution is 5.87. The maximum atomic E-state index is 12.3. The molecule has 0 aromatic carbocycles. The number of aromatic nitrogens is 1. The smallest absolute Gasteiger partial charge is 0.418 e. The fourth-order valence-electron chi connectivity index (χ4n) is 0.937. The van der Waals surface area contributed by atoms with Crippen LogP contribution in [0.1, 0.15) is 21.6 Å². The Balaban J connectivity index is 3.29. The van der Waals surface area contributed by atoms with E-state index in [0.29, 0.717) is 6.07 Å². The number of carbonyl (C=O) groups is 1. The molecule has 0 spiro atoms. The number of pyridine rings is 1. The predicted molar refractivity (Wildman–Crippen MR) is 40.9 cm³/mol. The van der Waals surface area contributed by atoms with Gasteiger partial charge in [-0.1, -0.05) is 0 Å². The van der Waals surface area contributed by atoms with Gasteiger partial charge >= 0.3 is 12.1 Å². The summed E-state index contributed by atoms with van der Waals surface area (Å²) in [6.07, 6.45) is -3.67. The van der Waals surface area contributed by atoms with Crippen LogP contribution >= 0.6 is 0 Å². The molecule has 1 aromatic heterocycles. The fourth-order valence-corrected chi connectivity index (χ4v) is 0.937. The zero-order valence-electron chi connectivity index (χ0n) is 7.09. The quantitative estimate of drug-likeness (QED) is 0.763. The summed E-state index contributed by atoms with van der Waals surface area (Å²) in [5, 5.41) is 8.46. The Morgan fingerprint density at radius 1 is 1.50 bits per heavy atom. The first kappa shape index (κ1) is 10.5. The van der Waals surface area contributed by atoms with Crippen LogP contribution in [-0.4, -0.2) is 16.1 Å². The molecule has 0 unspecified atom stereocenters. The van der Waals surface area contributed by atoms with E-state index in [4.69, 9.17) is 5.11 Å². The van der Waals surface area contributed by atoms with Crippen LogP contribution in [-0.2, 0) is 6.18 Å². The van der Waals surface area contributed by atoms with Crippen molar-refractivity contribution in [2.75, 3.05) is 0 Å². The third-order valence-corrected chi connectivity index (χ3v) is 1.64. The largest absolute Gasteiger partial charge is 0.478 e. The van der Waals surface area contributed by atoms with Crippen LogP contribution < -0.4 is 0 Å². The minimum atomic E-state index is -4.57. The van der Waals surface area contributed by atoms with E-state index in [0.717, 1.165) is 6.20 Å². The van der Waals surface area contributed by atoms with E-state index >= 15 is 0 Å². The minimum absolute atomic E-state index is 0.234. The third-order valence-electron chi connectivity index (χ3n) is 1.64. The van der Waals surface area contributed by atoms with Gasteiger partial charge in [-0.15, -0.1) is 0 Å². The highest BCUT2D eigenvalue weighted by Gasteiger charge is 2.33. The second kappa shape index (κ2) is 3.28. The van der Waals surface area contributed by atoms with Gasteiger partial charge in [-0.3, -0.25) is 4.98 Å². The lowest BCUT2D eigenvalue weighted by molar-refractivity contribution is -0.138. The highest BCUT2D eigenvalue weighted by atomic mass is 19.4. The van der Waals surface area contributed by atoms with Crippen molar-refractivity contribution in [1.29, 1.82) is 0 Å². The number of nitrogens with zero attached hydrogens (tertiary/aromatic N) is 1. The van der Waals surface area contributed by atoms with Gasteiger partial charge in [-0.05, 0) is 13.0 Å². The molecule has 0 aliphatic heterocycles. The molecule has 1 aromatic rings. The van der Waals surface area contributed by atoms with Gasteiger partial charge < -0.3 is 5.11 Å². The molecular weight excluding hydrogens is 199 g/mol. The zero-order chi connectivity index (χ0) is 10.9. The van der Waals surface area contributed by atoms with E-state index in [1.54, 1.807) is 0 Å². The monoisotopic (exact) mass is 205 g/mol. The summed E-state index contributed by atoms with van der Waals surface area (Å²) >= 11 is 0. The van der Waals surface area contributed by atoms with Gasteiger partial charge in [-0.2, -0.15) is 13.2 Å². The van der Waals surface area contributed by atoms with E-state index in [2.05, 4.69) is 4.98 Å². The molecule has 1 N–H and O–H groups in total. The summed E-state index contributed by atoms with van der Waals surface area (Å²) in [4.78, 5) is 13.8. The molecule has 76 valence electrons. The Kier molecular flexibility index (Phi) is 2.46. The lowest BCUT2D eigenvalue weighted by atomic mass is 10.1. The summed E-state index contributed by atoms with van der Waals surface area (Å²) in [5.74, 6) is -1.43. The summed E-state index contributed by atoms with van der Waals surface area (Å²) in [6.45, 7) is 1.18. The molecule has 0 amide bonds. The topological polar surface area (TPSA) is 50.2 Å². The predicted octanol–water partition coefficient (Wildman–Crippen LogP) is 2.11. The van der Waals surface area contributed by atoms with Crippen molar-refractivity contribution in [1.82, 2.24) is 4.98 Å². The van der Waals surface area contributed by atoms with Crippen LogP contribution in [0.15, 0.2) is 12.3 Å². The van der Waals surface area contributed by atoms with E-state index in [-0.39, 0.29) is 5.69 Å². The second-order valence-corrected chi connectivity index (χ2v) is 2.66. The molecule has 6 heteroatoms. The van der Waals surface area contributed by atoms with Crippen molar-refractivity contribution >= 4 is 5.97 Å². The molecular formula is C8H6F3NO2. The maximum absolute atomic E-state index is 12.3. The van der Waals surface area contributed by atoms with Gasteiger partial charge in [0.25, 0.3) is 0 Å². The number of aryl methyl sites for hydroxylation is 1. The first-order valence-electron chi connectivity index (χ1n) is 3.59. The SMILES string of the molecule is Cc1ncc(C(=O)O)cc1C(F)(F)F. The number of aromatic carboxylic acids is 1. The third kappa shape index (κ3) is 2.01. The minimum Gasteiger partial charge on any atom is -0.478 e. The number of hydrogen-bond donors (Lipinski definition) is 1. The average Bonchev–Trinajstić information content (AvgIpc) is 2.02. The number of carboxylic acids is 1. The normalized spacial score (nSPS) is 11.4. The Morgan fingerprint density at radius 3 is 2.50 bits per heavy atom. The van der Waals surface area contributed by atoms with Gasteiger partial charge in [0.05, 0.1) is 11.1 Å². The molecule has 0 radical (unpaired) electrons. The summed E-state index contributed by atoms with van der Waals surface area (Å²) < 4.78 is 36.8. The van der Waals surface area contributed by atoms with E-state index in [9.17, 15) is 18.0 Å². The van der Waals surface area contributed by atoms with Crippen LogP contribution in [0.25, 0.3) is 0 Å². The number of halogens is 3. The number of alkyl halides is 3. The Bertz CT molecular complexity index is 373. The number of carboxylic acid groups (broad SMARTS) is 1. The standard InChI is InChI=1S/C8H6F3NO2/c1-4-6(8(9,10)11)2-5(3-12-4)7(13)14/h2-3H,1H3,(H,13,14). The number of hydrogen-bond acceptors (Lipinski definition) is 2. The Hall–Kier alpha value is -1.59. The summed E-state index contributed by atoms with van der Waals surface area (Å²) in [5.41, 5.74) is -1.72. The molecule has 0 saturated heterocycles. The van der Waals surface area contributed by atoms with Gasteiger partial charge in [0, 0.05) is 11.9 Å². The molecule has 0 bridgehead atoms. The fraction of sp³-hybridized carbons (Fsp3) is 0.250. The van der Waals surface area contributed by atoms with Crippen LogP contribution in [0.2, 0.25) is 0 Å². The Labute approximate surface area is 77.2 Å². The molecule has 3 nitrogen and oxygen atoms in total. The van der Waals surface area contributed by atoms with E-state index in [1.165, 1.54) is 6.92 Å². The van der Waals surface area contributed by atoms with Crippen molar-refractivity contribution < 1.29 is 23.1 Å². The van der Waals surface area contributed by atoms with Crippen LogP contribution in [0.3, 0.4) is 0 Å². The molecule has 1 heterocycles. The van der Waals surface area contributed by atoms with Gasteiger partial charge in [0.2, 0.25) is 0 Å². The van der Waals surface area contributed by atoms with Gasteiger partial charge in [0.15, 0.2) is 0 Å². The second-order valence-electron chi connectivity index (χ2n) is 2.66. The van der Waals surface area contributed by atoms with Crippen molar-refractivity contribution in [2.45, 2.75) is 13.1 Å². The van der Waals surface area contributed by atoms with Crippen LogP contribution in [0, 0.1) is 6.92 Å². The van der Waals surface area contributed by atoms with Crippen molar-refractivity contribution in [3.8, 4) is 0 Å². The molecule has 1 rings (SSSR count). The molecule has 14 heavy (non-hydrogen) atoms. The van der Waals surface area contributed by atoms with Crippen molar-refractivity contribution in [2.24, 2.45) is 0 Å². The molecule has 0 atom stereocenters. The van der Waals surface area contributed by atoms with Crippen LogP contribution in [0.4, 0.5) is 13.2 Å². The average molecular weight is 205 g/mol. The number of rotatable bonds is 1. The first-order chi connectivity index (χ1) is 6.32. The van der Waals surface area contributed by atoms with Crippen molar-refractivity contribution in [3.05, 3.63) is 29.1 Å². The zero-order valence-corrected chi connectivity index (χ0v) is 7.09. The molecule has 0 aliphatic carbocycles. The maximum Gasteiger partial charge on any atom is 0.418 e. The lowest BCUT2D eigenvalue weighted by Crippen LogP contribution is -2.11. The van der Waals surface area contributed by atoms with E-state index < -0.39 is 23.3 Å². The lowest BCUT2D eigenvalue weighted by Gasteiger charge is -2.09. The van der Waals surface area contributed by atoms with E-state index in [1.807, 2.05) is 0 Å². The summed E-state index contributed by atoms with van der Waals surface area (Å²) in [6, 6.07) is 0.574. The van der Waals surface area contributed by atoms with Crippen LogP contribution in [0.5, 0.6) is 0 Å². The van der Waals surface area contributed by atoms with Gasteiger partial charge in [0.1, 0.15) is 0 Å². The molecule has 0 fully saturated rings.